The first-order valence-electron chi connectivity index (χ1n) is 5.30. The van der Waals surface area contributed by atoms with E-state index < -0.39 is 8.32 Å². The molecule has 0 aromatic heterocycles. The lowest BCUT2D eigenvalue weighted by Gasteiger charge is -2.35. The smallest absolute Gasteiger partial charge is 0.192 e. The van der Waals surface area contributed by atoms with Crippen molar-refractivity contribution in [2.24, 2.45) is 0 Å². The maximum absolute atomic E-state index is 13.2. The lowest BCUT2D eigenvalue weighted by atomic mass is 10.2. The van der Waals surface area contributed by atoms with Crippen LogP contribution in [0.4, 0.5) is 4.39 Å². The zero-order valence-electron chi connectivity index (χ0n) is 10.4. The lowest BCUT2D eigenvalue weighted by Crippen LogP contribution is -2.41. The number of aliphatic hydroxyl groups excluding tert-OH is 1. The number of hydrogen-bond donors (Lipinski definition) is 1. The first kappa shape index (κ1) is 14.8. The molecule has 0 amide bonds. The van der Waals surface area contributed by atoms with E-state index in [9.17, 15) is 4.39 Å². The van der Waals surface area contributed by atoms with Gasteiger partial charge in [0.15, 0.2) is 8.32 Å². The molecular weight excluding hydrogens is 211 g/mol. The highest BCUT2D eigenvalue weighted by atomic mass is 28.4. The Bertz CT molecular complexity index is 219. The zero-order chi connectivity index (χ0) is 12.1. The molecule has 0 saturated heterocycles. The highest BCUT2D eigenvalue weighted by Gasteiger charge is 2.37. The van der Waals surface area contributed by atoms with E-state index in [1.807, 2.05) is 0 Å². The predicted molar refractivity (Wildman–Crippen MR) is 64.0 cm³/mol. The molecule has 90 valence electrons. The van der Waals surface area contributed by atoms with Crippen LogP contribution in [-0.2, 0) is 4.43 Å². The largest absolute Gasteiger partial charge is 0.410 e. The van der Waals surface area contributed by atoms with E-state index in [2.05, 4.69) is 33.9 Å². The van der Waals surface area contributed by atoms with E-state index in [4.69, 9.17) is 9.53 Å². The van der Waals surface area contributed by atoms with Crippen LogP contribution in [0.5, 0.6) is 0 Å². The summed E-state index contributed by atoms with van der Waals surface area (Å²) < 4.78 is 18.8. The Hall–Kier alpha value is -0.193. The average Bonchev–Trinajstić information content (AvgIpc) is 2.09. The number of aliphatic hydroxyl groups is 1. The van der Waals surface area contributed by atoms with Crippen LogP contribution >= 0.6 is 0 Å². The van der Waals surface area contributed by atoms with Crippen molar-refractivity contribution in [3.05, 3.63) is 11.9 Å². The third kappa shape index (κ3) is 5.44. The molecule has 0 fully saturated rings. The molecule has 0 unspecified atom stereocenters. The van der Waals surface area contributed by atoms with Crippen molar-refractivity contribution in [2.45, 2.75) is 45.3 Å². The Morgan fingerprint density at radius 1 is 1.40 bits per heavy atom. The van der Waals surface area contributed by atoms with Gasteiger partial charge >= 0.3 is 0 Å². The molecule has 0 aliphatic heterocycles. The Morgan fingerprint density at radius 3 is 2.33 bits per heavy atom. The molecule has 0 aliphatic carbocycles. The number of rotatable bonds is 5. The summed E-state index contributed by atoms with van der Waals surface area (Å²) in [6.45, 7) is 10.6. The number of hydrogen-bond acceptors (Lipinski definition) is 2. The molecule has 0 atom stereocenters. The van der Waals surface area contributed by atoms with Crippen LogP contribution in [0.15, 0.2) is 11.9 Å². The average molecular weight is 234 g/mol. The van der Waals surface area contributed by atoms with E-state index in [-0.39, 0.29) is 24.1 Å². The molecule has 0 spiro atoms. The minimum absolute atomic E-state index is 0.0203. The summed E-state index contributed by atoms with van der Waals surface area (Å²) in [4.78, 5) is 0. The quantitative estimate of drug-likeness (QED) is 0.740. The first-order valence-corrected chi connectivity index (χ1v) is 8.21. The summed E-state index contributed by atoms with van der Waals surface area (Å²) in [5.74, 6) is -0.283. The van der Waals surface area contributed by atoms with Gasteiger partial charge in [-0.25, -0.2) is 4.39 Å². The van der Waals surface area contributed by atoms with Crippen LogP contribution < -0.4 is 0 Å². The molecule has 0 rings (SSSR count). The van der Waals surface area contributed by atoms with E-state index in [0.717, 1.165) is 0 Å². The van der Waals surface area contributed by atoms with Crippen molar-refractivity contribution < 1.29 is 13.9 Å². The van der Waals surface area contributed by atoms with Crippen LogP contribution in [0.3, 0.4) is 0 Å². The minimum Gasteiger partial charge on any atom is -0.410 e. The normalized spacial score (nSPS) is 14.5. The topological polar surface area (TPSA) is 29.5 Å². The van der Waals surface area contributed by atoms with Gasteiger partial charge in [0.05, 0.1) is 6.61 Å². The van der Waals surface area contributed by atoms with Gasteiger partial charge in [-0.1, -0.05) is 20.8 Å². The van der Waals surface area contributed by atoms with E-state index in [1.165, 1.54) is 6.08 Å². The van der Waals surface area contributed by atoms with Crippen LogP contribution in [0, 0.1) is 0 Å². The standard InChI is InChI=1S/C11H23FO2Si/c1-11(2,3)15(4,5)14-9-10(12)7-6-8-13/h7,13H,6,8-9H2,1-5H3/b10-7+. The van der Waals surface area contributed by atoms with Crippen molar-refractivity contribution in [3.8, 4) is 0 Å². The van der Waals surface area contributed by atoms with Crippen LogP contribution in [0.25, 0.3) is 0 Å². The van der Waals surface area contributed by atoms with Crippen molar-refractivity contribution in [3.63, 3.8) is 0 Å². The van der Waals surface area contributed by atoms with Gasteiger partial charge in [-0.15, -0.1) is 0 Å². The SMILES string of the molecule is CC(C)(C)[Si](C)(C)OC/C(F)=C\CCO. The van der Waals surface area contributed by atoms with E-state index in [0.29, 0.717) is 6.42 Å². The first-order chi connectivity index (χ1) is 6.70. The fraction of sp³-hybridized carbons (Fsp3) is 0.818. The fourth-order valence-electron chi connectivity index (χ4n) is 0.746. The molecule has 1 N–H and O–H groups in total. The van der Waals surface area contributed by atoms with Gasteiger partial charge < -0.3 is 9.53 Å². The van der Waals surface area contributed by atoms with E-state index >= 15 is 0 Å². The number of halogens is 1. The summed E-state index contributed by atoms with van der Waals surface area (Å²) in [6.07, 6.45) is 1.74. The highest BCUT2D eigenvalue weighted by molar-refractivity contribution is 6.74. The Balaban J connectivity index is 4.15. The second-order valence-electron chi connectivity index (χ2n) is 5.21. The van der Waals surface area contributed by atoms with Crippen molar-refractivity contribution in [2.75, 3.05) is 13.2 Å². The summed E-state index contributed by atoms with van der Waals surface area (Å²) in [5.41, 5.74) is 0. The zero-order valence-corrected chi connectivity index (χ0v) is 11.4. The van der Waals surface area contributed by atoms with Gasteiger partial charge in [0.2, 0.25) is 0 Å². The molecule has 0 bridgehead atoms. The highest BCUT2D eigenvalue weighted by Crippen LogP contribution is 2.36. The molecule has 4 heteroatoms. The van der Waals surface area contributed by atoms with Gasteiger partial charge in [0, 0.05) is 6.61 Å². The van der Waals surface area contributed by atoms with Gasteiger partial charge in [-0.2, -0.15) is 0 Å². The summed E-state index contributed by atoms with van der Waals surface area (Å²) in [5, 5.41) is 8.63. The summed E-state index contributed by atoms with van der Waals surface area (Å²) >= 11 is 0. The second kappa shape index (κ2) is 5.77. The van der Waals surface area contributed by atoms with Gasteiger partial charge in [0.1, 0.15) is 5.83 Å². The Labute approximate surface area is 93.3 Å². The van der Waals surface area contributed by atoms with Gasteiger partial charge in [-0.3, -0.25) is 0 Å². The maximum atomic E-state index is 13.2. The van der Waals surface area contributed by atoms with Crippen molar-refractivity contribution in [1.29, 1.82) is 0 Å². The van der Waals surface area contributed by atoms with Crippen molar-refractivity contribution in [1.82, 2.24) is 0 Å². The lowest BCUT2D eigenvalue weighted by molar-refractivity contribution is 0.284. The fourth-order valence-corrected chi connectivity index (χ4v) is 1.68. The van der Waals surface area contributed by atoms with Gasteiger partial charge in [-0.05, 0) is 30.6 Å². The van der Waals surface area contributed by atoms with E-state index in [1.54, 1.807) is 0 Å². The Morgan fingerprint density at radius 2 is 1.93 bits per heavy atom. The molecule has 2 nitrogen and oxygen atoms in total. The third-order valence-corrected chi connectivity index (χ3v) is 7.35. The van der Waals surface area contributed by atoms with Crippen LogP contribution in [-0.4, -0.2) is 26.6 Å². The van der Waals surface area contributed by atoms with Crippen LogP contribution in [0.2, 0.25) is 18.1 Å². The molecular formula is C11H23FO2Si. The minimum atomic E-state index is -1.85. The molecule has 0 aromatic carbocycles. The third-order valence-electron chi connectivity index (χ3n) is 2.87. The molecule has 0 aliphatic rings. The molecule has 0 radical (unpaired) electrons. The molecule has 0 aromatic rings. The van der Waals surface area contributed by atoms with Crippen molar-refractivity contribution >= 4 is 8.32 Å². The maximum Gasteiger partial charge on any atom is 0.192 e. The predicted octanol–water partition coefficient (Wildman–Crippen LogP) is 3.24. The molecule has 15 heavy (non-hydrogen) atoms. The Kier molecular flexibility index (Phi) is 5.70. The van der Waals surface area contributed by atoms with Gasteiger partial charge in [0.25, 0.3) is 0 Å². The summed E-state index contributed by atoms with van der Waals surface area (Å²) in [7, 11) is -1.85. The van der Waals surface area contributed by atoms with Crippen LogP contribution in [0.1, 0.15) is 27.2 Å². The summed E-state index contributed by atoms with van der Waals surface area (Å²) in [6, 6.07) is 0. The molecule has 0 saturated carbocycles. The second-order valence-corrected chi connectivity index (χ2v) is 10.0. The monoisotopic (exact) mass is 234 g/mol. The molecule has 0 heterocycles.